The van der Waals surface area contributed by atoms with Gasteiger partial charge in [-0.1, -0.05) is 68.6 Å². The van der Waals surface area contributed by atoms with Gasteiger partial charge in [0.25, 0.3) is 0 Å². The Morgan fingerprint density at radius 1 is 1.09 bits per heavy atom. The molecule has 1 unspecified atom stereocenters. The quantitative estimate of drug-likeness (QED) is 0.119. The molecule has 1 aliphatic heterocycles. The van der Waals surface area contributed by atoms with E-state index in [9.17, 15) is 9.18 Å². The maximum Gasteiger partial charge on any atom is 0.338 e. The summed E-state index contributed by atoms with van der Waals surface area (Å²) in [6.07, 6.45) is 9.39. The molecule has 2 aromatic carbocycles. The molecule has 1 fully saturated rings. The number of nitrogens with zero attached hydrogens (tertiary/aromatic N) is 3. The van der Waals surface area contributed by atoms with Crippen molar-refractivity contribution >= 4 is 23.7 Å². The van der Waals surface area contributed by atoms with Crippen molar-refractivity contribution in [1.82, 2.24) is 14.8 Å². The third-order valence-corrected chi connectivity index (χ3v) is 8.84. The molecule has 10 heteroatoms. The van der Waals surface area contributed by atoms with Gasteiger partial charge in [0.15, 0.2) is 11.5 Å². The number of esters is 1. The third-order valence-electron chi connectivity index (χ3n) is 7.95. The number of allylic oxidation sites excluding steroid dienone is 1. The fourth-order valence-electron chi connectivity index (χ4n) is 5.61. The highest BCUT2D eigenvalue weighted by Crippen LogP contribution is 2.40. The molecule has 5 rings (SSSR count). The summed E-state index contributed by atoms with van der Waals surface area (Å²) in [6.45, 7) is 4.65. The van der Waals surface area contributed by atoms with E-state index in [0.717, 1.165) is 44.1 Å². The Morgan fingerprint density at radius 3 is 2.67 bits per heavy atom. The number of carbonyl (C=O) groups is 1. The maximum atomic E-state index is 14.3. The number of methoxy groups -OCH3 is 1. The van der Waals surface area contributed by atoms with Gasteiger partial charge in [0.1, 0.15) is 18.0 Å². The average molecular weight is 609 g/mol. The fourth-order valence-corrected chi connectivity index (χ4v) is 6.42. The van der Waals surface area contributed by atoms with Gasteiger partial charge in [-0.2, -0.15) is 4.98 Å². The Bertz CT molecular complexity index is 1440. The monoisotopic (exact) mass is 608 g/mol. The topological polar surface area (TPSA) is 87.5 Å². The van der Waals surface area contributed by atoms with E-state index in [4.69, 9.17) is 24.3 Å². The Balaban J connectivity index is 1.45. The first-order valence-corrected chi connectivity index (χ1v) is 16.3. The van der Waals surface area contributed by atoms with Crippen molar-refractivity contribution in [2.24, 2.45) is 0 Å². The lowest BCUT2D eigenvalue weighted by molar-refractivity contribution is -0.146. The number of aromatic nitrogens is 3. The Kier molecular flexibility index (Phi) is 10.6. The molecular weight excluding hydrogens is 567 g/mol. The van der Waals surface area contributed by atoms with Crippen LogP contribution in [-0.4, -0.2) is 40.6 Å². The summed E-state index contributed by atoms with van der Waals surface area (Å²) in [5, 5.41) is 8.54. The molecule has 1 atom stereocenters. The van der Waals surface area contributed by atoms with Gasteiger partial charge in [0, 0.05) is 11.4 Å². The number of rotatable bonds is 13. The molecule has 0 spiro atoms. The molecule has 0 radical (unpaired) electrons. The zero-order valence-electron chi connectivity index (χ0n) is 25.2. The van der Waals surface area contributed by atoms with E-state index in [-0.39, 0.29) is 17.9 Å². The van der Waals surface area contributed by atoms with Gasteiger partial charge in [-0.15, -0.1) is 5.10 Å². The zero-order valence-corrected chi connectivity index (χ0v) is 26.1. The summed E-state index contributed by atoms with van der Waals surface area (Å²) >= 11 is 1.34. The molecular formula is C33H41FN4O4S. The lowest BCUT2D eigenvalue weighted by Crippen LogP contribution is -2.32. The molecule has 43 heavy (non-hydrogen) atoms. The van der Waals surface area contributed by atoms with E-state index >= 15 is 0 Å². The summed E-state index contributed by atoms with van der Waals surface area (Å²) < 4.78 is 33.8. The SMILES string of the molecule is CCCCCCOc1ccc(C2C(C(=O)OC3CCCCC3)=C(C)Nc3nc(SCc4ccccc4F)nn32)cc1OC. The van der Waals surface area contributed by atoms with Crippen LogP contribution in [-0.2, 0) is 15.3 Å². The van der Waals surface area contributed by atoms with Crippen molar-refractivity contribution in [1.29, 1.82) is 0 Å². The second-order valence-electron chi connectivity index (χ2n) is 11.1. The number of fused-ring (bicyclic) bond motifs is 1. The van der Waals surface area contributed by atoms with Crippen LogP contribution in [0.15, 0.2) is 58.9 Å². The van der Waals surface area contributed by atoms with Crippen molar-refractivity contribution in [3.63, 3.8) is 0 Å². The number of unbranched alkanes of at least 4 members (excludes halogenated alkanes) is 3. The average Bonchev–Trinajstić information content (AvgIpc) is 3.42. The highest BCUT2D eigenvalue weighted by atomic mass is 32.2. The molecule has 230 valence electrons. The van der Waals surface area contributed by atoms with Crippen LogP contribution in [0.3, 0.4) is 0 Å². The highest BCUT2D eigenvalue weighted by molar-refractivity contribution is 7.98. The minimum atomic E-state index is -0.602. The number of ether oxygens (including phenoxy) is 3. The van der Waals surface area contributed by atoms with E-state index in [1.54, 1.807) is 23.9 Å². The minimum absolute atomic E-state index is 0.0933. The second-order valence-corrected chi connectivity index (χ2v) is 12.0. The van der Waals surface area contributed by atoms with Crippen molar-refractivity contribution in [2.45, 2.75) is 94.7 Å². The van der Waals surface area contributed by atoms with Crippen molar-refractivity contribution in [3.05, 3.63) is 70.7 Å². The molecule has 2 aliphatic rings. The number of nitrogens with one attached hydrogen (secondary N) is 1. The predicted molar refractivity (Wildman–Crippen MR) is 166 cm³/mol. The van der Waals surface area contributed by atoms with Crippen molar-refractivity contribution in [2.75, 3.05) is 19.0 Å². The lowest BCUT2D eigenvalue weighted by Gasteiger charge is -2.30. The number of anilines is 1. The first kappa shape index (κ1) is 30.9. The van der Waals surface area contributed by atoms with Gasteiger partial charge >= 0.3 is 5.97 Å². The first-order chi connectivity index (χ1) is 21.0. The first-order valence-electron chi connectivity index (χ1n) is 15.3. The predicted octanol–water partition coefficient (Wildman–Crippen LogP) is 7.84. The number of halogens is 1. The van der Waals surface area contributed by atoms with E-state index < -0.39 is 6.04 Å². The molecule has 1 saturated carbocycles. The van der Waals surface area contributed by atoms with Crippen LogP contribution in [0.1, 0.15) is 88.8 Å². The van der Waals surface area contributed by atoms with Gasteiger partial charge in [0.05, 0.1) is 19.3 Å². The van der Waals surface area contributed by atoms with Crippen LogP contribution in [0.5, 0.6) is 11.5 Å². The Morgan fingerprint density at radius 2 is 1.91 bits per heavy atom. The molecule has 0 bridgehead atoms. The maximum absolute atomic E-state index is 14.3. The third kappa shape index (κ3) is 7.52. The Labute approximate surface area is 257 Å². The highest BCUT2D eigenvalue weighted by Gasteiger charge is 2.37. The van der Waals surface area contributed by atoms with Gasteiger partial charge in [-0.25, -0.2) is 13.9 Å². The van der Waals surface area contributed by atoms with Gasteiger partial charge < -0.3 is 19.5 Å². The second kappa shape index (κ2) is 14.8. The molecule has 1 aliphatic carbocycles. The molecule has 2 heterocycles. The molecule has 8 nitrogen and oxygen atoms in total. The van der Waals surface area contributed by atoms with E-state index in [0.29, 0.717) is 51.8 Å². The summed E-state index contributed by atoms with van der Waals surface area (Å²) in [4.78, 5) is 18.5. The molecule has 1 N–H and O–H groups in total. The number of benzene rings is 2. The minimum Gasteiger partial charge on any atom is -0.493 e. The normalized spacial score (nSPS) is 16.9. The molecule has 0 amide bonds. The van der Waals surface area contributed by atoms with Gasteiger partial charge in [-0.3, -0.25) is 0 Å². The summed E-state index contributed by atoms with van der Waals surface area (Å²) in [7, 11) is 1.61. The van der Waals surface area contributed by atoms with Crippen LogP contribution in [0.4, 0.5) is 10.3 Å². The van der Waals surface area contributed by atoms with Crippen LogP contribution in [0.25, 0.3) is 0 Å². The molecule has 1 aromatic heterocycles. The lowest BCUT2D eigenvalue weighted by atomic mass is 9.94. The van der Waals surface area contributed by atoms with Gasteiger partial charge in [-0.05, 0) is 68.4 Å². The molecule has 3 aromatic rings. The largest absolute Gasteiger partial charge is 0.493 e. The number of thioether (sulfide) groups is 1. The standard InChI is InChI=1S/C33H41FN4O4S/c1-4-5-6-12-19-41-27-18-17-23(20-28(27)40-3)30-29(31(39)42-25-14-8-7-9-15-25)22(2)35-32-36-33(37-38(30)32)43-21-24-13-10-11-16-26(24)34/h10-11,13,16-18,20,25,30H,4-9,12,14-15,19,21H2,1-3H3,(H,35,36,37). The fraction of sp³-hybridized carbons (Fsp3) is 0.485. The number of hydrogen-bond donors (Lipinski definition) is 1. The number of carbonyl (C=O) groups excluding carboxylic acids is 1. The van der Waals surface area contributed by atoms with Crippen LogP contribution in [0.2, 0.25) is 0 Å². The van der Waals surface area contributed by atoms with Crippen molar-refractivity contribution < 1.29 is 23.4 Å². The number of hydrogen-bond acceptors (Lipinski definition) is 8. The zero-order chi connectivity index (χ0) is 30.2. The van der Waals surface area contributed by atoms with Crippen molar-refractivity contribution in [3.8, 4) is 11.5 Å². The van der Waals surface area contributed by atoms with Crippen LogP contribution >= 0.6 is 11.8 Å². The smallest absolute Gasteiger partial charge is 0.338 e. The van der Waals surface area contributed by atoms with Crippen LogP contribution < -0.4 is 14.8 Å². The van der Waals surface area contributed by atoms with Gasteiger partial charge in [0.2, 0.25) is 11.1 Å². The Hall–Kier alpha value is -3.53. The van der Waals surface area contributed by atoms with E-state index in [1.807, 2.05) is 31.2 Å². The van der Waals surface area contributed by atoms with Crippen LogP contribution in [0, 0.1) is 5.82 Å². The molecule has 0 saturated heterocycles. The van der Waals surface area contributed by atoms with E-state index in [1.165, 1.54) is 37.1 Å². The summed E-state index contributed by atoms with van der Waals surface area (Å²) in [6, 6.07) is 11.8. The summed E-state index contributed by atoms with van der Waals surface area (Å²) in [5.74, 6) is 1.49. The summed E-state index contributed by atoms with van der Waals surface area (Å²) in [5.41, 5.74) is 2.50. The van der Waals surface area contributed by atoms with E-state index in [2.05, 4.69) is 12.2 Å².